The fourth-order valence-corrected chi connectivity index (χ4v) is 4.24. The molecule has 5 nitrogen and oxygen atoms in total. The molecule has 23 heavy (non-hydrogen) atoms. The number of likely N-dealkylation sites (tertiary alicyclic amines) is 1. The average Bonchev–Trinajstić information content (AvgIpc) is 3.20. The molecule has 0 spiro atoms. The molecule has 2 fully saturated rings. The normalized spacial score (nSPS) is 28.4. The number of carbonyl (C=O) groups is 2. The van der Waals surface area contributed by atoms with E-state index in [1.54, 1.807) is 12.1 Å². The Hall–Kier alpha value is -1.72. The largest absolute Gasteiger partial charge is 0.312 e. The predicted octanol–water partition coefficient (Wildman–Crippen LogP) is 1.85. The molecule has 0 aliphatic carbocycles. The number of hydrogen-bond donors (Lipinski definition) is 1. The highest BCUT2D eigenvalue weighted by Crippen LogP contribution is 2.27. The van der Waals surface area contributed by atoms with Gasteiger partial charge in [0, 0.05) is 18.6 Å². The second-order valence-electron chi connectivity index (χ2n) is 6.80. The third kappa shape index (κ3) is 2.58. The molecule has 2 atom stereocenters. The summed E-state index contributed by atoms with van der Waals surface area (Å²) in [6, 6.07) is 8.09. The van der Waals surface area contributed by atoms with Gasteiger partial charge >= 0.3 is 0 Å². The van der Waals surface area contributed by atoms with Gasteiger partial charge in [0.1, 0.15) is 0 Å². The number of imide groups is 1. The highest BCUT2D eigenvalue weighted by Gasteiger charge is 2.39. The van der Waals surface area contributed by atoms with Gasteiger partial charge in [-0.2, -0.15) is 0 Å². The SMILES string of the molecule is O=C1c2ccccc2C(=O)N1CN1CCCCC1C1CCCN1. The van der Waals surface area contributed by atoms with E-state index in [2.05, 4.69) is 10.2 Å². The molecular weight excluding hydrogens is 290 g/mol. The number of carbonyl (C=O) groups excluding carboxylic acids is 2. The van der Waals surface area contributed by atoms with Crippen LogP contribution in [-0.4, -0.2) is 53.5 Å². The van der Waals surface area contributed by atoms with Crippen LogP contribution in [0.1, 0.15) is 52.8 Å². The van der Waals surface area contributed by atoms with Crippen LogP contribution >= 0.6 is 0 Å². The van der Waals surface area contributed by atoms with E-state index in [9.17, 15) is 9.59 Å². The van der Waals surface area contributed by atoms with E-state index in [1.165, 1.54) is 24.2 Å². The van der Waals surface area contributed by atoms with Gasteiger partial charge in [0.2, 0.25) is 0 Å². The second-order valence-corrected chi connectivity index (χ2v) is 6.80. The Kier molecular flexibility index (Phi) is 3.91. The van der Waals surface area contributed by atoms with Crippen LogP contribution in [0.2, 0.25) is 0 Å². The van der Waals surface area contributed by atoms with Gasteiger partial charge in [-0.25, -0.2) is 0 Å². The van der Waals surface area contributed by atoms with Crippen molar-refractivity contribution >= 4 is 11.8 Å². The zero-order valence-electron chi connectivity index (χ0n) is 13.3. The summed E-state index contributed by atoms with van der Waals surface area (Å²) in [6.45, 7) is 2.48. The summed E-state index contributed by atoms with van der Waals surface area (Å²) in [5.41, 5.74) is 1.09. The predicted molar refractivity (Wildman–Crippen MR) is 87.2 cm³/mol. The molecule has 0 bridgehead atoms. The number of benzene rings is 1. The molecule has 1 N–H and O–H groups in total. The lowest BCUT2D eigenvalue weighted by atomic mass is 9.95. The molecule has 3 aliphatic heterocycles. The van der Waals surface area contributed by atoms with E-state index in [0.29, 0.717) is 29.9 Å². The molecule has 2 amide bonds. The average molecular weight is 313 g/mol. The lowest BCUT2D eigenvalue weighted by Gasteiger charge is -2.40. The van der Waals surface area contributed by atoms with Gasteiger partial charge in [-0.15, -0.1) is 0 Å². The van der Waals surface area contributed by atoms with Crippen molar-refractivity contribution in [1.29, 1.82) is 0 Å². The summed E-state index contributed by atoms with van der Waals surface area (Å²) in [5, 5.41) is 3.59. The second kappa shape index (κ2) is 6.06. The van der Waals surface area contributed by atoms with E-state index in [1.807, 2.05) is 12.1 Å². The van der Waals surface area contributed by atoms with Crippen LogP contribution in [0.3, 0.4) is 0 Å². The highest BCUT2D eigenvalue weighted by atomic mass is 16.2. The lowest BCUT2D eigenvalue weighted by Crippen LogP contribution is -2.54. The monoisotopic (exact) mass is 313 g/mol. The number of nitrogens with zero attached hydrogens (tertiary/aromatic N) is 2. The van der Waals surface area contributed by atoms with Crippen LogP contribution in [0.4, 0.5) is 0 Å². The van der Waals surface area contributed by atoms with E-state index in [4.69, 9.17) is 0 Å². The molecule has 2 unspecified atom stereocenters. The molecule has 3 heterocycles. The molecule has 1 aromatic carbocycles. The first-order chi connectivity index (χ1) is 11.3. The molecule has 0 radical (unpaired) electrons. The standard InChI is InChI=1S/C18H23N3O2/c22-17-13-6-1-2-7-14(13)18(23)21(17)12-20-11-4-3-9-16(20)15-8-5-10-19-15/h1-2,6-7,15-16,19H,3-5,8-12H2. The molecule has 5 heteroatoms. The number of piperidine rings is 1. The third-order valence-corrected chi connectivity index (χ3v) is 5.43. The Morgan fingerprint density at radius 1 is 1.00 bits per heavy atom. The Labute approximate surface area is 136 Å². The molecule has 1 aromatic rings. The first kappa shape index (κ1) is 14.8. The van der Waals surface area contributed by atoms with E-state index < -0.39 is 0 Å². The molecule has 0 aromatic heterocycles. The van der Waals surface area contributed by atoms with Crippen molar-refractivity contribution in [3.05, 3.63) is 35.4 Å². The van der Waals surface area contributed by atoms with Crippen molar-refractivity contribution in [3.63, 3.8) is 0 Å². The zero-order chi connectivity index (χ0) is 15.8. The van der Waals surface area contributed by atoms with E-state index in [0.717, 1.165) is 25.9 Å². The number of rotatable bonds is 3. The summed E-state index contributed by atoms with van der Waals surface area (Å²) in [4.78, 5) is 28.9. The molecule has 2 saturated heterocycles. The minimum absolute atomic E-state index is 0.144. The van der Waals surface area contributed by atoms with Crippen molar-refractivity contribution in [2.24, 2.45) is 0 Å². The first-order valence-corrected chi connectivity index (χ1v) is 8.68. The fourth-order valence-electron chi connectivity index (χ4n) is 4.24. The van der Waals surface area contributed by atoms with Gasteiger partial charge in [0.15, 0.2) is 0 Å². The number of amides is 2. The zero-order valence-corrected chi connectivity index (χ0v) is 13.3. The maximum atomic E-state index is 12.6. The third-order valence-electron chi connectivity index (χ3n) is 5.43. The summed E-state index contributed by atoms with van der Waals surface area (Å²) in [7, 11) is 0. The Bertz CT molecular complexity index is 589. The minimum atomic E-state index is -0.144. The van der Waals surface area contributed by atoms with Gasteiger partial charge in [0.25, 0.3) is 11.8 Å². The number of nitrogens with one attached hydrogen (secondary N) is 1. The topological polar surface area (TPSA) is 52.7 Å². The molecule has 4 rings (SSSR count). The van der Waals surface area contributed by atoms with Crippen molar-refractivity contribution in [2.45, 2.75) is 44.2 Å². The summed E-state index contributed by atoms with van der Waals surface area (Å²) in [6.07, 6.45) is 5.96. The van der Waals surface area contributed by atoms with Crippen LogP contribution in [0.25, 0.3) is 0 Å². The van der Waals surface area contributed by atoms with Crippen molar-refractivity contribution in [1.82, 2.24) is 15.1 Å². The van der Waals surface area contributed by atoms with Gasteiger partial charge in [-0.1, -0.05) is 18.6 Å². The maximum absolute atomic E-state index is 12.6. The molecule has 0 saturated carbocycles. The number of fused-ring (bicyclic) bond motifs is 1. The quantitative estimate of drug-likeness (QED) is 0.865. The van der Waals surface area contributed by atoms with Gasteiger partial charge in [-0.05, 0) is 44.4 Å². The smallest absolute Gasteiger partial charge is 0.262 e. The van der Waals surface area contributed by atoms with Gasteiger partial charge < -0.3 is 5.32 Å². The maximum Gasteiger partial charge on any atom is 0.262 e. The van der Waals surface area contributed by atoms with Crippen molar-refractivity contribution < 1.29 is 9.59 Å². The van der Waals surface area contributed by atoms with Crippen LogP contribution < -0.4 is 5.32 Å². The summed E-state index contributed by atoms with van der Waals surface area (Å²) in [5.74, 6) is -0.288. The van der Waals surface area contributed by atoms with Crippen LogP contribution in [0.5, 0.6) is 0 Å². The van der Waals surface area contributed by atoms with Crippen LogP contribution in [-0.2, 0) is 0 Å². The first-order valence-electron chi connectivity index (χ1n) is 8.68. The lowest BCUT2D eigenvalue weighted by molar-refractivity contribution is 0.0371. The summed E-state index contributed by atoms with van der Waals surface area (Å²) >= 11 is 0. The summed E-state index contributed by atoms with van der Waals surface area (Å²) < 4.78 is 0. The van der Waals surface area contributed by atoms with Gasteiger partial charge in [0.05, 0.1) is 17.8 Å². The van der Waals surface area contributed by atoms with Crippen molar-refractivity contribution in [3.8, 4) is 0 Å². The highest BCUT2D eigenvalue weighted by molar-refractivity contribution is 6.21. The van der Waals surface area contributed by atoms with E-state index >= 15 is 0 Å². The van der Waals surface area contributed by atoms with E-state index in [-0.39, 0.29) is 11.8 Å². The number of hydrogen-bond acceptors (Lipinski definition) is 4. The Morgan fingerprint density at radius 2 is 1.74 bits per heavy atom. The molecular formula is C18H23N3O2. The molecule has 122 valence electrons. The van der Waals surface area contributed by atoms with Crippen molar-refractivity contribution in [2.75, 3.05) is 19.8 Å². The Balaban J connectivity index is 1.53. The van der Waals surface area contributed by atoms with Crippen LogP contribution in [0, 0.1) is 0 Å². The van der Waals surface area contributed by atoms with Crippen LogP contribution in [0.15, 0.2) is 24.3 Å². The fraction of sp³-hybridized carbons (Fsp3) is 0.556. The van der Waals surface area contributed by atoms with Gasteiger partial charge in [-0.3, -0.25) is 19.4 Å². The minimum Gasteiger partial charge on any atom is -0.312 e. The Morgan fingerprint density at radius 3 is 2.39 bits per heavy atom. The molecule has 3 aliphatic rings.